The van der Waals surface area contributed by atoms with E-state index in [1.807, 2.05) is 13.0 Å². The summed E-state index contributed by atoms with van der Waals surface area (Å²) < 4.78 is 0. The number of carbonyl (C=O) groups is 1. The Hall–Kier alpha value is -0.740. The first-order valence-corrected chi connectivity index (χ1v) is 6.16. The van der Waals surface area contributed by atoms with Crippen LogP contribution in [0.3, 0.4) is 0 Å². The first kappa shape index (κ1) is 11.7. The van der Waals surface area contributed by atoms with E-state index in [0.717, 1.165) is 23.5 Å². The van der Waals surface area contributed by atoms with Crippen LogP contribution in [0.2, 0.25) is 5.15 Å². The minimum atomic E-state index is 0.141. The van der Waals surface area contributed by atoms with Gasteiger partial charge in [0.1, 0.15) is 5.15 Å². The molecule has 3 nitrogen and oxygen atoms in total. The van der Waals surface area contributed by atoms with E-state index >= 15 is 0 Å². The zero-order valence-electron chi connectivity index (χ0n) is 8.98. The van der Waals surface area contributed by atoms with Crippen molar-refractivity contribution >= 4 is 35.8 Å². The van der Waals surface area contributed by atoms with Gasteiger partial charge in [-0.1, -0.05) is 11.6 Å². The van der Waals surface area contributed by atoms with Crippen LogP contribution in [0.4, 0.5) is 5.69 Å². The van der Waals surface area contributed by atoms with E-state index in [2.05, 4.69) is 17.6 Å². The van der Waals surface area contributed by atoms with Gasteiger partial charge in [0.05, 0.1) is 11.9 Å². The fourth-order valence-corrected chi connectivity index (χ4v) is 2.19. The minimum Gasteiger partial charge on any atom is -0.311 e. The van der Waals surface area contributed by atoms with Gasteiger partial charge in [-0.25, -0.2) is 4.98 Å². The van der Waals surface area contributed by atoms with E-state index in [4.69, 9.17) is 11.6 Å². The molecule has 1 aliphatic heterocycles. The van der Waals surface area contributed by atoms with Crippen molar-refractivity contribution in [1.82, 2.24) is 4.98 Å². The van der Waals surface area contributed by atoms with Crippen molar-refractivity contribution in [3.8, 4) is 0 Å². The Morgan fingerprint density at radius 2 is 2.44 bits per heavy atom. The topological polar surface area (TPSA) is 33.2 Å². The molecule has 0 spiro atoms. The Balaban J connectivity index is 2.24. The SMILES string of the molecule is Cc1cc(N2CC(CS)CC2=O)cnc1Cl. The molecular formula is C11H13ClN2OS. The summed E-state index contributed by atoms with van der Waals surface area (Å²) >= 11 is 10.1. The van der Waals surface area contributed by atoms with E-state index in [9.17, 15) is 4.79 Å². The average Bonchev–Trinajstić information content (AvgIpc) is 2.64. The molecule has 1 aliphatic rings. The summed E-state index contributed by atoms with van der Waals surface area (Å²) in [7, 11) is 0. The van der Waals surface area contributed by atoms with Crippen molar-refractivity contribution in [2.45, 2.75) is 13.3 Å². The number of halogens is 1. The molecule has 2 heterocycles. The van der Waals surface area contributed by atoms with Crippen molar-refractivity contribution in [3.05, 3.63) is 23.0 Å². The molecule has 0 aliphatic carbocycles. The van der Waals surface area contributed by atoms with Gasteiger partial charge < -0.3 is 4.90 Å². The molecule has 1 atom stereocenters. The standard InChI is InChI=1S/C11H13ClN2OS/c1-7-2-9(4-13-11(7)12)14-5-8(6-16)3-10(14)15/h2,4,8,16H,3,5-6H2,1H3. The molecule has 1 fully saturated rings. The van der Waals surface area contributed by atoms with Crippen LogP contribution >= 0.6 is 24.2 Å². The largest absolute Gasteiger partial charge is 0.311 e. The number of thiol groups is 1. The highest BCUT2D eigenvalue weighted by Gasteiger charge is 2.29. The van der Waals surface area contributed by atoms with Gasteiger partial charge in [0.15, 0.2) is 0 Å². The zero-order valence-corrected chi connectivity index (χ0v) is 10.6. The number of hydrogen-bond acceptors (Lipinski definition) is 3. The van der Waals surface area contributed by atoms with E-state index < -0.39 is 0 Å². The summed E-state index contributed by atoms with van der Waals surface area (Å²) in [5.74, 6) is 1.22. The van der Waals surface area contributed by atoms with Gasteiger partial charge in [0.2, 0.25) is 5.91 Å². The number of pyridine rings is 1. The van der Waals surface area contributed by atoms with Crippen LogP contribution in [0, 0.1) is 12.8 Å². The van der Waals surface area contributed by atoms with Gasteiger partial charge in [0.25, 0.3) is 0 Å². The Bertz CT molecular complexity index is 424. The van der Waals surface area contributed by atoms with E-state index in [0.29, 0.717) is 17.5 Å². The number of rotatable bonds is 2. The molecule has 5 heteroatoms. The van der Waals surface area contributed by atoms with Crippen LogP contribution in [0.5, 0.6) is 0 Å². The van der Waals surface area contributed by atoms with Gasteiger partial charge in [0, 0.05) is 13.0 Å². The zero-order chi connectivity index (χ0) is 11.7. The number of anilines is 1. The van der Waals surface area contributed by atoms with Crippen LogP contribution in [0.15, 0.2) is 12.3 Å². The van der Waals surface area contributed by atoms with Crippen LogP contribution in [0.25, 0.3) is 0 Å². The van der Waals surface area contributed by atoms with Gasteiger partial charge in [-0.3, -0.25) is 4.79 Å². The number of hydrogen-bond donors (Lipinski definition) is 1. The highest BCUT2D eigenvalue weighted by Crippen LogP contribution is 2.27. The van der Waals surface area contributed by atoms with Gasteiger partial charge in [-0.2, -0.15) is 12.6 Å². The predicted octanol–water partition coefficient (Wildman–Crippen LogP) is 2.33. The molecule has 0 bridgehead atoms. The van der Waals surface area contributed by atoms with Crippen molar-refractivity contribution < 1.29 is 4.79 Å². The van der Waals surface area contributed by atoms with Crippen molar-refractivity contribution in [1.29, 1.82) is 0 Å². The average molecular weight is 257 g/mol. The highest BCUT2D eigenvalue weighted by molar-refractivity contribution is 7.80. The number of aryl methyl sites for hydroxylation is 1. The summed E-state index contributed by atoms with van der Waals surface area (Å²) in [6.07, 6.45) is 2.22. The summed E-state index contributed by atoms with van der Waals surface area (Å²) in [6.45, 7) is 2.61. The third-order valence-corrected chi connectivity index (χ3v) is 3.69. The monoisotopic (exact) mass is 256 g/mol. The normalized spacial score (nSPS) is 20.6. The maximum Gasteiger partial charge on any atom is 0.227 e. The minimum absolute atomic E-state index is 0.141. The molecule has 0 aromatic carbocycles. The second-order valence-corrected chi connectivity index (χ2v) is 4.78. The molecule has 1 aromatic heterocycles. The van der Waals surface area contributed by atoms with Crippen LogP contribution in [0.1, 0.15) is 12.0 Å². The lowest BCUT2D eigenvalue weighted by molar-refractivity contribution is -0.117. The number of nitrogens with zero attached hydrogens (tertiary/aromatic N) is 2. The molecule has 0 saturated carbocycles. The van der Waals surface area contributed by atoms with Crippen LogP contribution < -0.4 is 4.90 Å². The maximum absolute atomic E-state index is 11.8. The van der Waals surface area contributed by atoms with Crippen LogP contribution in [-0.2, 0) is 4.79 Å². The summed E-state index contributed by atoms with van der Waals surface area (Å²) in [5.41, 5.74) is 1.72. The highest BCUT2D eigenvalue weighted by atomic mass is 35.5. The van der Waals surface area contributed by atoms with E-state index in [1.54, 1.807) is 11.1 Å². The smallest absolute Gasteiger partial charge is 0.227 e. The van der Waals surface area contributed by atoms with E-state index in [-0.39, 0.29) is 5.91 Å². The summed E-state index contributed by atoms with van der Waals surface area (Å²) in [5, 5.41) is 0.487. The third kappa shape index (κ3) is 2.18. The Morgan fingerprint density at radius 1 is 1.69 bits per heavy atom. The molecular weight excluding hydrogens is 244 g/mol. The third-order valence-electron chi connectivity index (χ3n) is 2.77. The Morgan fingerprint density at radius 3 is 3.00 bits per heavy atom. The predicted molar refractivity (Wildman–Crippen MR) is 68.3 cm³/mol. The molecule has 1 aromatic rings. The first-order chi connectivity index (χ1) is 7.61. The fourth-order valence-electron chi connectivity index (χ4n) is 1.84. The lowest BCUT2D eigenvalue weighted by Crippen LogP contribution is -2.24. The molecule has 86 valence electrons. The summed E-state index contributed by atoms with van der Waals surface area (Å²) in [6, 6.07) is 1.90. The van der Waals surface area contributed by atoms with Crippen molar-refractivity contribution in [2.75, 3.05) is 17.2 Å². The molecule has 1 unspecified atom stereocenters. The van der Waals surface area contributed by atoms with E-state index in [1.165, 1.54) is 0 Å². The number of aromatic nitrogens is 1. The molecule has 0 radical (unpaired) electrons. The van der Waals surface area contributed by atoms with Gasteiger partial charge in [-0.05, 0) is 30.2 Å². The van der Waals surface area contributed by atoms with Gasteiger partial charge in [-0.15, -0.1) is 0 Å². The van der Waals surface area contributed by atoms with Crippen LogP contribution in [-0.4, -0.2) is 23.2 Å². The second kappa shape index (κ2) is 4.63. The number of amides is 1. The number of carbonyl (C=O) groups excluding carboxylic acids is 1. The van der Waals surface area contributed by atoms with Gasteiger partial charge >= 0.3 is 0 Å². The molecule has 16 heavy (non-hydrogen) atoms. The quantitative estimate of drug-likeness (QED) is 0.651. The Kier molecular flexibility index (Phi) is 3.40. The first-order valence-electron chi connectivity index (χ1n) is 5.15. The fraction of sp³-hybridized carbons (Fsp3) is 0.455. The van der Waals surface area contributed by atoms with Crippen molar-refractivity contribution in [3.63, 3.8) is 0 Å². The second-order valence-electron chi connectivity index (χ2n) is 4.06. The summed E-state index contributed by atoms with van der Waals surface area (Å²) in [4.78, 5) is 17.6. The maximum atomic E-state index is 11.8. The Labute approximate surface area is 105 Å². The molecule has 2 rings (SSSR count). The molecule has 1 saturated heterocycles. The molecule has 0 N–H and O–H groups in total. The van der Waals surface area contributed by atoms with Crippen molar-refractivity contribution in [2.24, 2.45) is 5.92 Å². The lowest BCUT2D eigenvalue weighted by Gasteiger charge is -2.16. The lowest BCUT2D eigenvalue weighted by atomic mass is 10.1. The molecule has 1 amide bonds.